The van der Waals surface area contributed by atoms with Crippen LogP contribution in [-0.2, 0) is 4.79 Å². The fourth-order valence-electron chi connectivity index (χ4n) is 2.92. The summed E-state index contributed by atoms with van der Waals surface area (Å²) in [7, 11) is 0. The van der Waals surface area contributed by atoms with Crippen LogP contribution in [0.15, 0.2) is 75.6 Å². The van der Waals surface area contributed by atoms with Crippen LogP contribution >= 0.6 is 11.3 Å². The van der Waals surface area contributed by atoms with E-state index in [1.165, 1.54) is 28.2 Å². The number of carbonyl (C=O) groups excluding carboxylic acids is 1. The number of nitrogens with one attached hydrogen (secondary N) is 2. The lowest BCUT2D eigenvalue weighted by Gasteiger charge is -2.16. The van der Waals surface area contributed by atoms with E-state index in [2.05, 4.69) is 20.6 Å². The number of hydrogen-bond donors (Lipinski definition) is 2. The molecule has 1 unspecified atom stereocenters. The van der Waals surface area contributed by atoms with E-state index in [-0.39, 0.29) is 11.1 Å². The number of amides is 1. The second-order valence-corrected chi connectivity index (χ2v) is 7.44. The highest BCUT2D eigenvalue weighted by Crippen LogP contribution is 2.26. The number of hydrogen-bond acceptors (Lipinski definition) is 6. The molecule has 1 atom stereocenters. The topological polar surface area (TPSA) is 110 Å². The van der Waals surface area contributed by atoms with Crippen molar-refractivity contribution in [2.75, 3.05) is 5.32 Å². The van der Waals surface area contributed by atoms with Crippen LogP contribution < -0.4 is 16.4 Å². The van der Waals surface area contributed by atoms with E-state index < -0.39 is 11.9 Å². The number of para-hydroxylation sites is 1. The first-order chi connectivity index (χ1) is 14.5. The number of benzene rings is 1. The summed E-state index contributed by atoms with van der Waals surface area (Å²) in [5, 5.41) is 15.5. The van der Waals surface area contributed by atoms with Crippen LogP contribution in [0.25, 0.3) is 21.8 Å². The summed E-state index contributed by atoms with van der Waals surface area (Å²) < 4.78 is 1.17. The van der Waals surface area contributed by atoms with E-state index in [0.29, 0.717) is 22.6 Å². The van der Waals surface area contributed by atoms with Gasteiger partial charge in [0.1, 0.15) is 11.7 Å². The maximum absolute atomic E-state index is 12.9. The lowest BCUT2D eigenvalue weighted by atomic mass is 10.1. The molecule has 0 radical (unpaired) electrons. The maximum atomic E-state index is 12.9. The predicted molar refractivity (Wildman–Crippen MR) is 115 cm³/mol. The largest absolute Gasteiger partial charge is 0.324 e. The monoisotopic (exact) mass is 419 g/mol. The molecule has 8 nitrogen and oxygen atoms in total. The maximum Gasteiger partial charge on any atom is 0.267 e. The summed E-state index contributed by atoms with van der Waals surface area (Å²) in [5.41, 5.74) is 1.60. The highest BCUT2D eigenvalue weighted by molar-refractivity contribution is 7.13. The molecule has 0 aliphatic heterocycles. The van der Waals surface area contributed by atoms with E-state index in [9.17, 15) is 14.4 Å². The molecule has 0 spiro atoms. The zero-order valence-corrected chi connectivity index (χ0v) is 16.7. The van der Waals surface area contributed by atoms with Crippen LogP contribution in [0.2, 0.25) is 0 Å². The van der Waals surface area contributed by atoms with Crippen molar-refractivity contribution in [1.29, 1.82) is 0 Å². The molecule has 30 heavy (non-hydrogen) atoms. The van der Waals surface area contributed by atoms with Crippen molar-refractivity contribution < 1.29 is 4.79 Å². The Kier molecular flexibility index (Phi) is 5.36. The third-order valence-electron chi connectivity index (χ3n) is 4.48. The minimum absolute atomic E-state index is 0.315. The molecule has 0 fully saturated rings. The number of anilines is 1. The van der Waals surface area contributed by atoms with Crippen LogP contribution in [0.5, 0.6) is 0 Å². The summed E-state index contributed by atoms with van der Waals surface area (Å²) in [6, 6.07) is 16.0. The van der Waals surface area contributed by atoms with Gasteiger partial charge in [0.25, 0.3) is 11.1 Å². The van der Waals surface area contributed by atoms with Crippen molar-refractivity contribution in [3.8, 4) is 21.8 Å². The van der Waals surface area contributed by atoms with Crippen LogP contribution in [0.1, 0.15) is 13.0 Å². The normalized spacial score (nSPS) is 11.8. The molecule has 3 aromatic heterocycles. The molecule has 0 aliphatic carbocycles. The summed E-state index contributed by atoms with van der Waals surface area (Å²) >= 11 is 1.50. The van der Waals surface area contributed by atoms with Crippen LogP contribution in [0.3, 0.4) is 0 Å². The van der Waals surface area contributed by atoms with E-state index in [4.69, 9.17) is 0 Å². The van der Waals surface area contributed by atoms with Gasteiger partial charge in [-0.25, -0.2) is 9.78 Å². The van der Waals surface area contributed by atoms with E-state index in [0.717, 1.165) is 4.88 Å². The first kappa shape index (κ1) is 19.5. The molecule has 0 bridgehead atoms. The molecule has 0 saturated carbocycles. The average Bonchev–Trinajstić information content (AvgIpc) is 3.29. The molecule has 2 N–H and O–H groups in total. The van der Waals surface area contributed by atoms with Crippen molar-refractivity contribution in [3.05, 3.63) is 86.8 Å². The second-order valence-electron chi connectivity index (χ2n) is 6.50. The Balaban J connectivity index is 1.62. The number of H-pyrrole nitrogens is 1. The van der Waals surface area contributed by atoms with Gasteiger partial charge in [0.05, 0.1) is 16.3 Å². The summed E-state index contributed by atoms with van der Waals surface area (Å²) in [4.78, 5) is 37.4. The minimum atomic E-state index is -0.839. The summed E-state index contributed by atoms with van der Waals surface area (Å²) in [5.74, 6) is -0.398. The molecule has 1 aromatic carbocycles. The molecule has 1 amide bonds. The van der Waals surface area contributed by atoms with Crippen LogP contribution in [-0.4, -0.2) is 25.9 Å². The van der Waals surface area contributed by atoms with Gasteiger partial charge in [0.15, 0.2) is 0 Å². The zero-order valence-electron chi connectivity index (χ0n) is 15.9. The Morgan fingerprint density at radius 1 is 1.03 bits per heavy atom. The lowest BCUT2D eigenvalue weighted by Crippen LogP contribution is -2.33. The molecule has 0 saturated heterocycles. The Bertz CT molecular complexity index is 1290. The fourth-order valence-corrected chi connectivity index (χ4v) is 3.61. The Hall–Kier alpha value is -3.85. The zero-order chi connectivity index (χ0) is 21.1. The SMILES string of the molecule is CC(C(=O)Nc1ccccc1-c1ccc(=O)[nH]n1)n1nc(-c2cccs2)ccc1=O. The highest BCUT2D eigenvalue weighted by atomic mass is 32.1. The van der Waals surface area contributed by atoms with Crippen LogP contribution in [0, 0.1) is 0 Å². The van der Waals surface area contributed by atoms with Crippen molar-refractivity contribution >= 4 is 22.9 Å². The van der Waals surface area contributed by atoms with Crippen LogP contribution in [0.4, 0.5) is 5.69 Å². The molecule has 150 valence electrons. The van der Waals surface area contributed by atoms with Gasteiger partial charge in [-0.1, -0.05) is 24.3 Å². The van der Waals surface area contributed by atoms with E-state index in [1.807, 2.05) is 17.5 Å². The van der Waals surface area contributed by atoms with Crippen molar-refractivity contribution in [1.82, 2.24) is 20.0 Å². The molecule has 4 rings (SSSR count). The molecule has 3 heterocycles. The third-order valence-corrected chi connectivity index (χ3v) is 5.38. The Morgan fingerprint density at radius 3 is 2.57 bits per heavy atom. The lowest BCUT2D eigenvalue weighted by molar-refractivity contribution is -0.119. The molecular weight excluding hydrogens is 402 g/mol. The number of aromatic amines is 1. The number of aromatic nitrogens is 4. The van der Waals surface area contributed by atoms with Gasteiger partial charge < -0.3 is 5.32 Å². The van der Waals surface area contributed by atoms with Gasteiger partial charge in [-0.3, -0.25) is 14.4 Å². The predicted octanol–water partition coefficient (Wildman–Crippen LogP) is 2.92. The van der Waals surface area contributed by atoms with Gasteiger partial charge in [0, 0.05) is 17.7 Å². The quantitative estimate of drug-likeness (QED) is 0.517. The summed E-state index contributed by atoms with van der Waals surface area (Å²) in [6.07, 6.45) is 0. The smallest absolute Gasteiger partial charge is 0.267 e. The standard InChI is InChI=1S/C21H17N5O3S/c1-13(26-20(28)11-9-17(25-26)18-7-4-12-30-18)21(29)22-15-6-3-2-5-14(15)16-8-10-19(27)24-23-16/h2-13H,1H3,(H,22,29)(H,24,27). The van der Waals surface area contributed by atoms with Gasteiger partial charge in [-0.05, 0) is 36.6 Å². The third kappa shape index (κ3) is 3.96. The number of rotatable bonds is 5. The minimum Gasteiger partial charge on any atom is -0.324 e. The van der Waals surface area contributed by atoms with Gasteiger partial charge >= 0.3 is 0 Å². The van der Waals surface area contributed by atoms with Crippen molar-refractivity contribution in [3.63, 3.8) is 0 Å². The fraction of sp³-hybridized carbons (Fsp3) is 0.0952. The van der Waals surface area contributed by atoms with Crippen molar-refractivity contribution in [2.45, 2.75) is 13.0 Å². The van der Waals surface area contributed by atoms with E-state index >= 15 is 0 Å². The Morgan fingerprint density at radius 2 is 1.83 bits per heavy atom. The number of thiophene rings is 1. The number of carbonyl (C=O) groups is 1. The molecular formula is C21H17N5O3S. The molecule has 4 aromatic rings. The first-order valence-electron chi connectivity index (χ1n) is 9.12. The number of nitrogens with zero attached hydrogens (tertiary/aromatic N) is 3. The van der Waals surface area contributed by atoms with Gasteiger partial charge in [-0.15, -0.1) is 11.3 Å². The molecule has 9 heteroatoms. The van der Waals surface area contributed by atoms with E-state index in [1.54, 1.807) is 43.3 Å². The van der Waals surface area contributed by atoms with Crippen molar-refractivity contribution in [2.24, 2.45) is 0 Å². The van der Waals surface area contributed by atoms with Gasteiger partial charge in [-0.2, -0.15) is 10.2 Å². The first-order valence-corrected chi connectivity index (χ1v) is 10.0. The highest BCUT2D eigenvalue weighted by Gasteiger charge is 2.20. The van der Waals surface area contributed by atoms with Gasteiger partial charge in [0.2, 0.25) is 5.91 Å². The average molecular weight is 419 g/mol. The molecule has 0 aliphatic rings. The Labute approximate surface area is 174 Å². The second kappa shape index (κ2) is 8.26. The summed E-state index contributed by atoms with van der Waals surface area (Å²) in [6.45, 7) is 1.61.